The van der Waals surface area contributed by atoms with Crippen LogP contribution in [0.5, 0.6) is 0 Å². The van der Waals surface area contributed by atoms with Crippen LogP contribution in [0.4, 0.5) is 0 Å². The van der Waals surface area contributed by atoms with Crippen LogP contribution in [0, 0.1) is 6.92 Å². The Morgan fingerprint density at radius 2 is 1.36 bits per heavy atom. The highest BCUT2D eigenvalue weighted by molar-refractivity contribution is 5.18. The number of hydrogen-bond donors (Lipinski definition) is 0. The molecule has 0 spiro atoms. The minimum atomic E-state index is 0.686. The lowest BCUT2D eigenvalue weighted by Crippen LogP contribution is -2.35. The van der Waals surface area contributed by atoms with Gasteiger partial charge in [-0.25, -0.2) is 0 Å². The molecule has 0 unspecified atom stereocenters. The van der Waals surface area contributed by atoms with E-state index in [1.54, 1.807) is 0 Å². The fraction of sp³-hybridized carbons (Fsp3) is 0.783. The average molecular weight is 349 g/mol. The molecule has 0 amide bonds. The van der Waals surface area contributed by atoms with Gasteiger partial charge in [0, 0.05) is 11.6 Å². The third-order valence-corrected chi connectivity index (χ3v) is 5.11. The highest BCUT2D eigenvalue weighted by atomic mass is 16.5. The summed E-state index contributed by atoms with van der Waals surface area (Å²) in [6, 6.07) is 2.19. The van der Waals surface area contributed by atoms with E-state index in [1.165, 1.54) is 88.2 Å². The average Bonchev–Trinajstić information content (AvgIpc) is 2.63. The summed E-state index contributed by atoms with van der Waals surface area (Å²) < 4.78 is 7.97. The Morgan fingerprint density at radius 1 is 0.800 bits per heavy atom. The Bertz CT molecular complexity index is 430. The molecule has 0 radical (unpaired) electrons. The van der Waals surface area contributed by atoms with Crippen LogP contribution in [0.2, 0.25) is 0 Å². The fourth-order valence-electron chi connectivity index (χ4n) is 3.33. The lowest BCUT2D eigenvalue weighted by molar-refractivity contribution is -0.733. The van der Waals surface area contributed by atoms with Crippen molar-refractivity contribution >= 4 is 0 Å². The first-order valence-corrected chi connectivity index (χ1v) is 10.8. The summed E-state index contributed by atoms with van der Waals surface area (Å²) in [5.41, 5.74) is 2.79. The Labute approximate surface area is 157 Å². The molecule has 0 atom stereocenters. The van der Waals surface area contributed by atoms with Crippen LogP contribution in [0.3, 0.4) is 0 Å². The maximum atomic E-state index is 5.81. The molecule has 0 N–H and O–H groups in total. The first-order chi connectivity index (χ1) is 12.3. The van der Waals surface area contributed by atoms with Gasteiger partial charge < -0.3 is 4.74 Å². The van der Waals surface area contributed by atoms with Gasteiger partial charge in [0.25, 0.3) is 6.73 Å². The van der Waals surface area contributed by atoms with E-state index in [0.29, 0.717) is 6.73 Å². The number of unbranched alkanes of at least 4 members (excludes halogenated alkanes) is 11. The monoisotopic (exact) mass is 348 g/mol. The number of hydrogen-bond acceptors (Lipinski definition) is 1. The van der Waals surface area contributed by atoms with Gasteiger partial charge in [-0.05, 0) is 25.3 Å². The van der Waals surface area contributed by atoms with Gasteiger partial charge in [0.15, 0.2) is 12.4 Å². The van der Waals surface area contributed by atoms with Crippen molar-refractivity contribution in [2.45, 2.75) is 111 Å². The predicted molar refractivity (Wildman–Crippen MR) is 108 cm³/mol. The van der Waals surface area contributed by atoms with E-state index >= 15 is 0 Å². The number of rotatable bonds is 16. The maximum absolute atomic E-state index is 5.81. The molecule has 144 valence electrons. The second-order valence-electron chi connectivity index (χ2n) is 7.45. The van der Waals surface area contributed by atoms with Gasteiger partial charge in [0.1, 0.15) is 0 Å². The van der Waals surface area contributed by atoms with E-state index in [1.807, 2.05) is 0 Å². The molecule has 1 aromatic heterocycles. The lowest BCUT2D eigenvalue weighted by Gasteiger charge is -2.04. The highest BCUT2D eigenvalue weighted by Gasteiger charge is 2.04. The molecule has 0 bridgehead atoms. The SMILES string of the molecule is CCCCCCCCCCCCCCOC[n+]1ccc(C)c(CC)c1. The van der Waals surface area contributed by atoms with Crippen molar-refractivity contribution in [2.75, 3.05) is 6.61 Å². The largest absolute Gasteiger partial charge is 0.323 e. The molecular formula is C23H42NO+. The number of aromatic nitrogens is 1. The zero-order chi connectivity index (χ0) is 18.2. The van der Waals surface area contributed by atoms with Crippen molar-refractivity contribution in [3.05, 3.63) is 29.6 Å². The second kappa shape index (κ2) is 15.4. The fourth-order valence-corrected chi connectivity index (χ4v) is 3.33. The smallest absolute Gasteiger partial charge is 0.252 e. The number of pyridine rings is 1. The van der Waals surface area contributed by atoms with Crippen LogP contribution in [0.1, 0.15) is 102 Å². The molecule has 1 aromatic rings. The van der Waals surface area contributed by atoms with Crippen molar-refractivity contribution in [1.82, 2.24) is 0 Å². The first-order valence-electron chi connectivity index (χ1n) is 10.8. The third kappa shape index (κ3) is 11.4. The highest BCUT2D eigenvalue weighted by Crippen LogP contribution is 2.12. The van der Waals surface area contributed by atoms with Crippen molar-refractivity contribution < 1.29 is 9.30 Å². The molecule has 0 aromatic carbocycles. The number of aryl methyl sites for hydroxylation is 2. The van der Waals surface area contributed by atoms with Gasteiger partial charge in [-0.2, -0.15) is 4.57 Å². The summed E-state index contributed by atoms with van der Waals surface area (Å²) in [6.07, 6.45) is 22.1. The maximum Gasteiger partial charge on any atom is 0.252 e. The minimum Gasteiger partial charge on any atom is -0.323 e. The predicted octanol–water partition coefficient (Wildman–Crippen LogP) is 6.52. The quantitative estimate of drug-likeness (QED) is 0.245. The summed E-state index contributed by atoms with van der Waals surface area (Å²) in [5.74, 6) is 0. The van der Waals surface area contributed by atoms with Gasteiger partial charge in [0.2, 0.25) is 0 Å². The Balaban J connectivity index is 1.87. The van der Waals surface area contributed by atoms with Gasteiger partial charge in [-0.1, -0.05) is 84.5 Å². The van der Waals surface area contributed by atoms with E-state index in [9.17, 15) is 0 Å². The Hall–Kier alpha value is -0.890. The number of ether oxygens (including phenoxy) is 1. The van der Waals surface area contributed by atoms with E-state index in [4.69, 9.17) is 4.74 Å². The molecule has 0 aliphatic heterocycles. The molecule has 0 saturated heterocycles. The first kappa shape index (κ1) is 22.2. The standard InChI is InChI=1S/C23H42NO/c1-4-6-7-8-9-10-11-12-13-14-15-16-19-25-21-24-18-17-22(3)23(5-2)20-24/h17-18,20H,4-16,19,21H2,1-3H3/q+1. The second-order valence-corrected chi connectivity index (χ2v) is 7.45. The van der Waals surface area contributed by atoms with Gasteiger partial charge in [0.05, 0.1) is 6.61 Å². The zero-order valence-corrected chi connectivity index (χ0v) is 17.2. The van der Waals surface area contributed by atoms with Crippen LogP contribution >= 0.6 is 0 Å². The minimum absolute atomic E-state index is 0.686. The van der Waals surface area contributed by atoms with Gasteiger partial charge >= 0.3 is 0 Å². The topological polar surface area (TPSA) is 13.1 Å². The lowest BCUT2D eigenvalue weighted by atomic mass is 10.1. The summed E-state index contributed by atoms with van der Waals surface area (Å²) in [6.45, 7) is 8.25. The van der Waals surface area contributed by atoms with E-state index in [2.05, 4.69) is 43.8 Å². The van der Waals surface area contributed by atoms with Crippen molar-refractivity contribution in [1.29, 1.82) is 0 Å². The molecule has 1 heterocycles. The Morgan fingerprint density at radius 3 is 1.92 bits per heavy atom. The molecule has 0 aliphatic rings. The third-order valence-electron chi connectivity index (χ3n) is 5.11. The molecule has 0 saturated carbocycles. The summed E-state index contributed by atoms with van der Waals surface area (Å²) in [7, 11) is 0. The molecule has 2 heteroatoms. The normalized spacial score (nSPS) is 11.2. The molecule has 0 aliphatic carbocycles. The molecule has 0 fully saturated rings. The molecule has 1 rings (SSSR count). The number of nitrogens with zero attached hydrogens (tertiary/aromatic N) is 1. The van der Waals surface area contributed by atoms with Crippen LogP contribution < -0.4 is 4.57 Å². The Kier molecular flexibility index (Phi) is 13.6. The van der Waals surface area contributed by atoms with E-state index in [-0.39, 0.29) is 0 Å². The van der Waals surface area contributed by atoms with Crippen LogP contribution in [0.15, 0.2) is 18.5 Å². The molecular weight excluding hydrogens is 306 g/mol. The van der Waals surface area contributed by atoms with E-state index in [0.717, 1.165) is 13.0 Å². The van der Waals surface area contributed by atoms with Crippen LogP contribution in [-0.4, -0.2) is 6.61 Å². The van der Waals surface area contributed by atoms with E-state index < -0.39 is 0 Å². The van der Waals surface area contributed by atoms with Gasteiger partial charge in [-0.15, -0.1) is 0 Å². The summed E-state index contributed by atoms with van der Waals surface area (Å²) in [4.78, 5) is 0. The molecule has 2 nitrogen and oxygen atoms in total. The zero-order valence-electron chi connectivity index (χ0n) is 17.2. The summed E-state index contributed by atoms with van der Waals surface area (Å²) in [5, 5.41) is 0. The van der Waals surface area contributed by atoms with Crippen LogP contribution in [-0.2, 0) is 17.9 Å². The van der Waals surface area contributed by atoms with Crippen molar-refractivity contribution in [3.63, 3.8) is 0 Å². The van der Waals surface area contributed by atoms with Crippen molar-refractivity contribution in [3.8, 4) is 0 Å². The molecule has 25 heavy (non-hydrogen) atoms. The van der Waals surface area contributed by atoms with Crippen LogP contribution in [0.25, 0.3) is 0 Å². The van der Waals surface area contributed by atoms with Crippen molar-refractivity contribution in [2.24, 2.45) is 0 Å². The van der Waals surface area contributed by atoms with Gasteiger partial charge in [-0.3, -0.25) is 0 Å². The summed E-state index contributed by atoms with van der Waals surface area (Å²) >= 11 is 0.